The molecule has 2 heteroatoms. The Morgan fingerprint density at radius 3 is 2.55 bits per heavy atom. The number of benzene rings is 1. The second-order valence-electron chi connectivity index (χ2n) is 2.51. The highest BCUT2D eigenvalue weighted by atomic mass is 16.3. The van der Waals surface area contributed by atoms with Gasteiger partial charge >= 0.3 is 0 Å². The molecule has 1 aromatic carbocycles. The van der Waals surface area contributed by atoms with Gasteiger partial charge in [-0.25, -0.2) is 5.11 Å². The molecule has 0 aromatic heterocycles. The Balaban J connectivity index is 2.39. The minimum atomic E-state index is -0.685. The summed E-state index contributed by atoms with van der Waals surface area (Å²) in [5.74, 6) is 0. The van der Waals surface area contributed by atoms with Gasteiger partial charge in [-0.1, -0.05) is 30.3 Å². The molecule has 1 unspecified atom stereocenters. The van der Waals surface area contributed by atoms with E-state index in [1.807, 2.05) is 30.3 Å². The lowest BCUT2D eigenvalue weighted by Crippen LogP contribution is -2.23. The van der Waals surface area contributed by atoms with E-state index in [-0.39, 0.29) is 0 Å². The van der Waals surface area contributed by atoms with Crippen molar-refractivity contribution in [3.05, 3.63) is 35.9 Å². The van der Waals surface area contributed by atoms with Crippen molar-refractivity contribution in [2.45, 2.75) is 19.7 Å². The molecule has 0 amide bonds. The molecule has 0 fully saturated rings. The maximum Gasteiger partial charge on any atom is 0.141 e. The molecule has 0 aliphatic rings. The van der Waals surface area contributed by atoms with Crippen LogP contribution in [0.25, 0.3) is 0 Å². The van der Waals surface area contributed by atoms with E-state index in [0.29, 0.717) is 6.54 Å². The minimum Gasteiger partial charge on any atom is -0.286 e. The fourth-order valence-corrected chi connectivity index (χ4v) is 0.857. The molecule has 0 bridgehead atoms. The van der Waals surface area contributed by atoms with Crippen molar-refractivity contribution in [3.8, 4) is 0 Å². The first-order valence-electron chi connectivity index (χ1n) is 3.72. The molecule has 0 spiro atoms. The van der Waals surface area contributed by atoms with Crippen LogP contribution in [0.2, 0.25) is 0 Å². The summed E-state index contributed by atoms with van der Waals surface area (Å²) >= 11 is 0. The second kappa shape index (κ2) is 4.11. The van der Waals surface area contributed by atoms with Crippen LogP contribution in [-0.2, 0) is 11.7 Å². The van der Waals surface area contributed by atoms with E-state index in [9.17, 15) is 5.11 Å². The Kier molecular flexibility index (Phi) is 3.08. The summed E-state index contributed by atoms with van der Waals surface area (Å²) in [7, 11) is 0. The Morgan fingerprint density at radius 1 is 1.36 bits per heavy atom. The van der Waals surface area contributed by atoms with Crippen molar-refractivity contribution in [1.29, 1.82) is 0 Å². The molecule has 0 saturated carbocycles. The molecule has 1 N–H and O–H groups in total. The van der Waals surface area contributed by atoms with E-state index in [1.54, 1.807) is 6.92 Å². The van der Waals surface area contributed by atoms with Crippen LogP contribution in [-0.4, -0.2) is 6.23 Å². The summed E-state index contributed by atoms with van der Waals surface area (Å²) in [4.78, 5) is 0. The van der Waals surface area contributed by atoms with Gasteiger partial charge < -0.3 is 0 Å². The van der Waals surface area contributed by atoms with E-state index < -0.39 is 6.23 Å². The standard InChI is InChI=1S/C9H12NO/c1-8(11)10-7-9-5-3-2-4-6-9/h2-6,8,10H,7H2,1H3. The predicted molar refractivity (Wildman–Crippen MR) is 43.4 cm³/mol. The Bertz CT molecular complexity index is 196. The maximum atomic E-state index is 10.6. The molecule has 1 aromatic rings. The number of nitrogens with one attached hydrogen (secondary N) is 1. The van der Waals surface area contributed by atoms with Gasteiger partial charge in [-0.05, 0) is 12.5 Å². The lowest BCUT2D eigenvalue weighted by molar-refractivity contribution is 0.0736. The van der Waals surface area contributed by atoms with Gasteiger partial charge in [0.15, 0.2) is 0 Å². The van der Waals surface area contributed by atoms with Crippen LogP contribution in [0.4, 0.5) is 0 Å². The highest BCUT2D eigenvalue weighted by Crippen LogP contribution is 1.97. The first-order chi connectivity index (χ1) is 5.29. The van der Waals surface area contributed by atoms with Gasteiger partial charge in [-0.2, -0.15) is 0 Å². The third kappa shape index (κ3) is 3.16. The number of rotatable bonds is 3. The molecule has 0 heterocycles. The van der Waals surface area contributed by atoms with Crippen LogP contribution in [0, 0.1) is 0 Å². The number of hydrogen-bond donors (Lipinski definition) is 1. The summed E-state index contributed by atoms with van der Waals surface area (Å²) in [6, 6.07) is 9.88. The summed E-state index contributed by atoms with van der Waals surface area (Å²) in [6.07, 6.45) is -0.685. The fourth-order valence-electron chi connectivity index (χ4n) is 0.857. The summed E-state index contributed by atoms with van der Waals surface area (Å²) in [6.45, 7) is 2.26. The highest BCUT2D eigenvalue weighted by Gasteiger charge is 1.94. The average Bonchev–Trinajstić information content (AvgIpc) is 2.03. The van der Waals surface area contributed by atoms with Crippen molar-refractivity contribution >= 4 is 0 Å². The fraction of sp³-hybridized carbons (Fsp3) is 0.333. The van der Waals surface area contributed by atoms with Crippen LogP contribution in [0.5, 0.6) is 0 Å². The van der Waals surface area contributed by atoms with Gasteiger partial charge in [0.05, 0.1) is 0 Å². The van der Waals surface area contributed by atoms with Gasteiger partial charge in [0.2, 0.25) is 0 Å². The van der Waals surface area contributed by atoms with Crippen molar-refractivity contribution in [2.24, 2.45) is 0 Å². The molecule has 0 aliphatic heterocycles. The van der Waals surface area contributed by atoms with E-state index in [2.05, 4.69) is 5.32 Å². The Labute approximate surface area is 66.9 Å². The minimum absolute atomic E-state index is 0.658. The number of hydrogen-bond acceptors (Lipinski definition) is 1. The lowest BCUT2D eigenvalue weighted by atomic mass is 10.2. The third-order valence-corrected chi connectivity index (χ3v) is 1.44. The molecule has 11 heavy (non-hydrogen) atoms. The zero-order valence-corrected chi connectivity index (χ0v) is 6.58. The molecular weight excluding hydrogens is 138 g/mol. The van der Waals surface area contributed by atoms with Crippen molar-refractivity contribution < 1.29 is 5.11 Å². The summed E-state index contributed by atoms with van der Waals surface area (Å²) < 4.78 is 0. The highest BCUT2D eigenvalue weighted by molar-refractivity contribution is 5.14. The summed E-state index contributed by atoms with van der Waals surface area (Å²) in [5.41, 5.74) is 1.15. The van der Waals surface area contributed by atoms with E-state index in [0.717, 1.165) is 5.56 Å². The largest absolute Gasteiger partial charge is 0.286 e. The SMILES string of the molecule is CC([O])NCc1ccccc1. The monoisotopic (exact) mass is 150 g/mol. The molecule has 1 radical (unpaired) electrons. The molecule has 1 atom stereocenters. The van der Waals surface area contributed by atoms with Gasteiger partial charge in [-0.3, -0.25) is 5.32 Å². The van der Waals surface area contributed by atoms with Gasteiger partial charge in [0.25, 0.3) is 0 Å². The molecular formula is C9H12NO. The smallest absolute Gasteiger partial charge is 0.141 e. The van der Waals surface area contributed by atoms with Gasteiger partial charge in [0, 0.05) is 6.54 Å². The van der Waals surface area contributed by atoms with E-state index in [4.69, 9.17) is 0 Å². The normalized spacial score (nSPS) is 12.9. The van der Waals surface area contributed by atoms with Crippen LogP contribution in [0.15, 0.2) is 30.3 Å². The van der Waals surface area contributed by atoms with Crippen LogP contribution in [0.3, 0.4) is 0 Å². The first kappa shape index (κ1) is 8.24. The van der Waals surface area contributed by atoms with Gasteiger partial charge in [-0.15, -0.1) is 0 Å². The van der Waals surface area contributed by atoms with E-state index >= 15 is 0 Å². The maximum absolute atomic E-state index is 10.6. The Hall–Kier alpha value is -0.860. The topological polar surface area (TPSA) is 31.9 Å². The first-order valence-corrected chi connectivity index (χ1v) is 3.72. The molecule has 2 nitrogen and oxygen atoms in total. The summed E-state index contributed by atoms with van der Waals surface area (Å²) in [5, 5.41) is 13.4. The Morgan fingerprint density at radius 2 is 2.00 bits per heavy atom. The van der Waals surface area contributed by atoms with Crippen molar-refractivity contribution in [2.75, 3.05) is 0 Å². The average molecular weight is 150 g/mol. The van der Waals surface area contributed by atoms with Crippen LogP contribution >= 0.6 is 0 Å². The van der Waals surface area contributed by atoms with Crippen LogP contribution < -0.4 is 5.32 Å². The van der Waals surface area contributed by atoms with Gasteiger partial charge in [0.1, 0.15) is 6.23 Å². The molecule has 59 valence electrons. The van der Waals surface area contributed by atoms with Crippen molar-refractivity contribution in [1.82, 2.24) is 5.32 Å². The zero-order chi connectivity index (χ0) is 8.10. The predicted octanol–water partition coefficient (Wildman–Crippen LogP) is 1.55. The quantitative estimate of drug-likeness (QED) is 0.651. The molecule has 1 rings (SSSR count). The zero-order valence-electron chi connectivity index (χ0n) is 6.58. The third-order valence-electron chi connectivity index (χ3n) is 1.44. The molecule has 0 saturated heterocycles. The second-order valence-corrected chi connectivity index (χ2v) is 2.51. The lowest BCUT2D eigenvalue weighted by Gasteiger charge is -2.04. The van der Waals surface area contributed by atoms with E-state index in [1.165, 1.54) is 0 Å². The van der Waals surface area contributed by atoms with Crippen molar-refractivity contribution in [3.63, 3.8) is 0 Å². The molecule has 0 aliphatic carbocycles. The van der Waals surface area contributed by atoms with Crippen LogP contribution in [0.1, 0.15) is 12.5 Å².